The standard InChI is InChI=1S/C78H87N19O17S/c1-41(2)63(70(105)89-56(12-9-35-82-76(80)112)68(103)81-33-7-6-11-58(72(107)108)90-66(101)43-15-19-45(20-16-43)95-96-46-21-24-49(25-22-46)97(3)4)92-69(104)57(88-62(100)32-31-59(73(109)110)91-67(102)42-13-17-44(18-14-42)84-39-48-40-85-65-64(86-48)71(106)94-75(79)93-65)10-5-8-34-83-77(115)87-47-23-28-53-52(36-47)74(111)114-78(53)54-29-26-50(98)37-60(54)113-61-38-51(99)27-30-55(61)78/h13-30,36-38,40-41,56-59,63,84,98-99H,5-12,31-35,39H2,1-4H3,(H,81,103)(H,88,100)(H,89,105)(H,90,101)(H,91,102)(H,92,104)(H,107,108)(H,109,110)(H3,80,82,112)(H2,83,87,115)(H3,79,85,93,94,106)/t56-,57-,58?,59-,63-/m0/s1. The molecular weight excluding hydrogens is 1510 g/mol. The van der Waals surface area contributed by atoms with Gasteiger partial charge in [0.05, 0.1) is 35.4 Å². The first kappa shape index (κ1) is 83.6. The third kappa shape index (κ3) is 22.0. The number of rotatable bonds is 37. The van der Waals surface area contributed by atoms with E-state index in [1.807, 2.05) is 43.3 Å². The lowest BCUT2D eigenvalue weighted by Crippen LogP contribution is -2.58. The number of benzene rings is 6. The zero-order chi connectivity index (χ0) is 82.6. The molecule has 10 rings (SSSR count). The third-order valence-electron chi connectivity index (χ3n) is 18.7. The van der Waals surface area contributed by atoms with E-state index in [-0.39, 0.29) is 133 Å². The first-order valence-electron chi connectivity index (χ1n) is 36.7. The number of urea groups is 1. The van der Waals surface area contributed by atoms with Crippen molar-refractivity contribution in [2.24, 2.45) is 21.9 Å². The Balaban J connectivity index is 0.757. The molecule has 1 spiro atoms. The molecule has 8 amide bonds. The van der Waals surface area contributed by atoms with Gasteiger partial charge >= 0.3 is 23.9 Å². The van der Waals surface area contributed by atoms with E-state index in [1.54, 1.807) is 68.4 Å². The fourth-order valence-corrected chi connectivity index (χ4v) is 12.9. The van der Waals surface area contributed by atoms with Crippen LogP contribution in [-0.4, -0.2) is 174 Å². The predicted octanol–water partition coefficient (Wildman–Crippen LogP) is 6.63. The SMILES string of the molecule is CC(C)[C@H](NC(=O)[C@H](CCCCNC(=S)Nc1ccc2c(c1)C(=O)OC21c2ccc(O)cc2Oc2cc(O)ccc21)NC(=O)CC[C@H](NC(=O)c1ccc(NCc2cnc3nc(N)nc(O)c3n2)cc1)C(=O)O)C(=O)N[C@@H](CCCNC(N)=O)C(=O)NCCCCC(NC(=O)c1ccc(N=Nc2ccc(N(C)C)cc2)cc1)C(=O)O. The van der Waals surface area contributed by atoms with Crippen LogP contribution >= 0.6 is 12.2 Å². The third-order valence-corrected chi connectivity index (χ3v) is 18.9. The molecule has 37 heteroatoms. The normalized spacial score (nSPS) is 13.5. The van der Waals surface area contributed by atoms with Crippen molar-refractivity contribution in [1.29, 1.82) is 0 Å². The van der Waals surface area contributed by atoms with E-state index in [0.29, 0.717) is 51.6 Å². The van der Waals surface area contributed by atoms with Crippen LogP contribution in [0.3, 0.4) is 0 Å². The highest BCUT2D eigenvalue weighted by Crippen LogP contribution is 2.57. The number of primary amides is 1. The van der Waals surface area contributed by atoms with Gasteiger partial charge in [0.25, 0.3) is 11.8 Å². The number of phenols is 2. The average molecular weight is 1590 g/mol. The van der Waals surface area contributed by atoms with Gasteiger partial charge in [-0.15, -0.1) is 0 Å². The number of ether oxygens (including phenoxy) is 2. The highest BCUT2D eigenvalue weighted by molar-refractivity contribution is 7.80. The van der Waals surface area contributed by atoms with Crippen molar-refractivity contribution in [1.82, 2.24) is 62.5 Å². The number of amides is 8. The van der Waals surface area contributed by atoms with Crippen LogP contribution in [0.15, 0.2) is 144 Å². The van der Waals surface area contributed by atoms with Gasteiger partial charge in [0.1, 0.15) is 53.2 Å². The van der Waals surface area contributed by atoms with Gasteiger partial charge < -0.3 is 105 Å². The Kier molecular flexibility index (Phi) is 27.9. The van der Waals surface area contributed by atoms with Gasteiger partial charge in [-0.1, -0.05) is 19.9 Å². The topological polar surface area (TPSA) is 542 Å². The first-order chi connectivity index (χ1) is 55.0. The number of hydrogen-bond acceptors (Lipinski definition) is 25. The van der Waals surface area contributed by atoms with Crippen LogP contribution in [0.4, 0.5) is 39.2 Å². The number of carboxylic acids is 2. The van der Waals surface area contributed by atoms with Gasteiger partial charge in [-0.05, 0) is 185 Å². The lowest BCUT2D eigenvalue weighted by molar-refractivity contribution is -0.140. The number of esters is 1. The molecule has 115 heavy (non-hydrogen) atoms. The number of aromatic nitrogens is 4. The minimum absolute atomic E-state index is 0.00332. The zero-order valence-corrected chi connectivity index (χ0v) is 63.7. The average Bonchev–Trinajstić information content (AvgIpc) is 1.58. The molecule has 0 saturated carbocycles. The van der Waals surface area contributed by atoms with Crippen LogP contribution < -0.4 is 74.3 Å². The summed E-state index contributed by atoms with van der Waals surface area (Å²) >= 11 is 5.66. The van der Waals surface area contributed by atoms with Crippen molar-refractivity contribution in [3.05, 3.63) is 173 Å². The molecule has 36 nitrogen and oxygen atoms in total. The van der Waals surface area contributed by atoms with Gasteiger partial charge in [-0.25, -0.2) is 29.1 Å². The summed E-state index contributed by atoms with van der Waals surface area (Å²) in [4.78, 5) is 152. The number of nitrogen functional groups attached to an aromatic ring is 1. The molecule has 0 aliphatic carbocycles. The maximum Gasteiger partial charge on any atom is 0.340 e. The van der Waals surface area contributed by atoms with E-state index in [1.165, 1.54) is 54.7 Å². The van der Waals surface area contributed by atoms with Crippen molar-refractivity contribution >= 4 is 122 Å². The maximum absolute atomic E-state index is 14.6. The monoisotopic (exact) mass is 1590 g/mol. The number of carbonyl (C=O) groups is 10. The molecule has 5 atom stereocenters. The van der Waals surface area contributed by atoms with E-state index >= 15 is 0 Å². The number of aliphatic carboxylic acids is 2. The Labute approximate surface area is 663 Å². The number of carbonyl (C=O) groups excluding carboxylic acids is 8. The van der Waals surface area contributed by atoms with Crippen molar-refractivity contribution in [3.63, 3.8) is 0 Å². The van der Waals surface area contributed by atoms with Crippen molar-refractivity contribution in [2.75, 3.05) is 55.0 Å². The van der Waals surface area contributed by atoms with Gasteiger partial charge in [-0.2, -0.15) is 20.2 Å². The van der Waals surface area contributed by atoms with Gasteiger partial charge in [0.15, 0.2) is 21.9 Å². The Bertz CT molecular complexity index is 4950. The number of nitrogens with zero attached hydrogens (tertiary/aromatic N) is 7. The Morgan fingerprint density at radius 2 is 1.13 bits per heavy atom. The fourth-order valence-electron chi connectivity index (χ4n) is 12.7. The van der Waals surface area contributed by atoms with Crippen LogP contribution in [-0.2, 0) is 45.6 Å². The second-order valence-electron chi connectivity index (χ2n) is 27.6. The number of nitrogens with one attached hydrogen (secondary N) is 10. The van der Waals surface area contributed by atoms with Crippen LogP contribution in [0, 0.1) is 5.92 Å². The summed E-state index contributed by atoms with van der Waals surface area (Å²) < 4.78 is 12.3. The van der Waals surface area contributed by atoms with Gasteiger partial charge in [0.2, 0.25) is 35.5 Å². The number of nitrogens with two attached hydrogens (primary N) is 2. The maximum atomic E-state index is 14.6. The summed E-state index contributed by atoms with van der Waals surface area (Å²) in [6.07, 6.45) is 1.49. The molecule has 0 bridgehead atoms. The summed E-state index contributed by atoms with van der Waals surface area (Å²) in [5, 5.41) is 87.4. The van der Waals surface area contributed by atoms with E-state index in [9.17, 15) is 73.5 Å². The number of phenolic OH excluding ortho intramolecular Hbond substituents is 2. The zero-order valence-electron chi connectivity index (χ0n) is 62.9. The summed E-state index contributed by atoms with van der Waals surface area (Å²) in [5.41, 5.74) is 14.7. The first-order valence-corrected chi connectivity index (χ1v) is 37.1. The number of anilines is 4. The summed E-state index contributed by atoms with van der Waals surface area (Å²) in [6, 6.07) is 25.5. The number of unbranched alkanes of at least 4 members (excludes halogenated alkanes) is 2. The van der Waals surface area contributed by atoms with Crippen molar-refractivity contribution < 1.29 is 83.0 Å². The van der Waals surface area contributed by atoms with Crippen molar-refractivity contribution in [2.45, 2.75) is 120 Å². The summed E-state index contributed by atoms with van der Waals surface area (Å²) in [7, 11) is 3.84. The lowest BCUT2D eigenvalue weighted by Gasteiger charge is -2.36. The Hall–Kier alpha value is -13.9. The number of thiocarbonyl (C=S) groups is 1. The molecule has 2 aromatic heterocycles. The molecule has 4 heterocycles. The van der Waals surface area contributed by atoms with E-state index in [4.69, 9.17) is 33.2 Å². The quantitative estimate of drug-likeness (QED) is 0.00840. The molecule has 0 radical (unpaired) electrons. The van der Waals surface area contributed by atoms with Crippen LogP contribution in [0.1, 0.15) is 132 Å². The molecule has 0 fully saturated rings. The molecule has 2 aliphatic rings. The fraction of sp³-hybridized carbons (Fsp3) is 0.321. The predicted molar refractivity (Wildman–Crippen MR) is 424 cm³/mol. The number of aromatic hydroxyl groups is 3. The van der Waals surface area contributed by atoms with Crippen LogP contribution in [0.5, 0.6) is 28.9 Å². The molecular formula is C78H87N19O17S. The molecule has 6 aromatic carbocycles. The molecule has 602 valence electrons. The smallest absolute Gasteiger partial charge is 0.340 e. The number of azo groups is 1. The molecule has 1 unspecified atom stereocenters. The minimum atomic E-state index is -1.60. The second kappa shape index (κ2) is 38.4. The van der Waals surface area contributed by atoms with Crippen LogP contribution in [0.25, 0.3) is 11.2 Å². The van der Waals surface area contributed by atoms with Crippen LogP contribution in [0.2, 0.25) is 0 Å². The number of hydrogen-bond donors (Lipinski definition) is 17. The number of carboxylic acid groups (broad SMARTS) is 2. The Morgan fingerprint density at radius 3 is 1.73 bits per heavy atom. The van der Waals surface area contributed by atoms with E-state index < -0.39 is 120 Å². The highest BCUT2D eigenvalue weighted by Gasteiger charge is 2.54. The lowest BCUT2D eigenvalue weighted by atomic mass is 9.77. The largest absolute Gasteiger partial charge is 0.508 e. The highest BCUT2D eigenvalue weighted by atomic mass is 32.1. The van der Waals surface area contributed by atoms with Gasteiger partial charge in [-0.3, -0.25) is 28.8 Å². The molecule has 0 saturated heterocycles. The molecule has 19 N–H and O–H groups in total. The summed E-state index contributed by atoms with van der Waals surface area (Å²) in [5.74, 6) is -9.03. The van der Waals surface area contributed by atoms with Gasteiger partial charge in [0, 0.05) is 97.2 Å². The molecule has 8 aromatic rings. The minimum Gasteiger partial charge on any atom is -0.508 e. The van der Waals surface area contributed by atoms with Crippen molar-refractivity contribution in [3.8, 4) is 28.9 Å². The second-order valence-corrected chi connectivity index (χ2v) is 28.0. The molecule has 2 aliphatic heterocycles. The van der Waals surface area contributed by atoms with E-state index in [0.717, 1.165) is 5.69 Å². The number of fused-ring (bicyclic) bond motifs is 7. The summed E-state index contributed by atoms with van der Waals surface area (Å²) in [6.45, 7) is 3.60. The Morgan fingerprint density at radius 1 is 0.583 bits per heavy atom. The van der Waals surface area contributed by atoms with E-state index in [2.05, 4.69) is 83.3 Å².